The highest BCUT2D eigenvalue weighted by atomic mass is 16.6. The molecule has 0 aliphatic carbocycles. The predicted octanol–water partition coefficient (Wildman–Crippen LogP) is 4.12. The Morgan fingerprint density at radius 2 is 1.72 bits per heavy atom. The standard InChI is InChI=1S/C15H21NO2/c1-5-9-12-10-11(6-2)15(16(17)18)14(8-4)13(12)7-3/h10H,5-8H2,1-4H3. The first-order valence-corrected chi connectivity index (χ1v) is 6.66. The number of nitro benzene ring substituents is 1. The number of hydrogen-bond acceptors (Lipinski definition) is 2. The first kappa shape index (κ1) is 14.7. The second-order valence-electron chi connectivity index (χ2n) is 4.24. The number of hydrogen-bond donors (Lipinski definition) is 0. The molecule has 1 aromatic rings. The lowest BCUT2D eigenvalue weighted by Crippen LogP contribution is -2.06. The van der Waals surface area contributed by atoms with Crippen molar-refractivity contribution in [3.63, 3.8) is 0 Å². The number of rotatable bonds is 6. The highest BCUT2D eigenvalue weighted by Crippen LogP contribution is 2.32. The normalized spacial score (nSPS) is 10.7. The zero-order chi connectivity index (χ0) is 13.7. The van der Waals surface area contributed by atoms with E-state index in [0.717, 1.165) is 35.1 Å². The average molecular weight is 247 g/mol. The molecular weight excluding hydrogens is 226 g/mol. The van der Waals surface area contributed by atoms with Gasteiger partial charge in [-0.2, -0.15) is 0 Å². The summed E-state index contributed by atoms with van der Waals surface area (Å²) >= 11 is 0. The molecule has 0 spiro atoms. The smallest absolute Gasteiger partial charge is 0.258 e. The van der Waals surface area contributed by atoms with Crippen LogP contribution in [0.5, 0.6) is 0 Å². The molecule has 0 N–H and O–H groups in total. The van der Waals surface area contributed by atoms with E-state index in [-0.39, 0.29) is 4.92 Å². The van der Waals surface area contributed by atoms with Gasteiger partial charge < -0.3 is 0 Å². The third-order valence-corrected chi connectivity index (χ3v) is 3.24. The molecule has 3 heteroatoms. The third kappa shape index (κ3) is 2.71. The summed E-state index contributed by atoms with van der Waals surface area (Å²) in [7, 11) is 0. The first-order chi connectivity index (χ1) is 8.60. The van der Waals surface area contributed by atoms with Crippen molar-refractivity contribution in [3.8, 4) is 0 Å². The fraction of sp³-hybridized carbons (Fsp3) is 0.533. The maximum Gasteiger partial charge on any atom is 0.276 e. The van der Waals surface area contributed by atoms with Gasteiger partial charge in [0.2, 0.25) is 0 Å². The average Bonchev–Trinajstić information content (AvgIpc) is 2.36. The van der Waals surface area contributed by atoms with Crippen molar-refractivity contribution in [1.29, 1.82) is 0 Å². The molecule has 0 saturated heterocycles. The maximum atomic E-state index is 11.3. The van der Waals surface area contributed by atoms with Gasteiger partial charge in [0.25, 0.3) is 5.69 Å². The van der Waals surface area contributed by atoms with Gasteiger partial charge in [-0.25, -0.2) is 0 Å². The fourth-order valence-electron chi connectivity index (χ4n) is 2.46. The van der Waals surface area contributed by atoms with Crippen molar-refractivity contribution in [2.24, 2.45) is 0 Å². The van der Waals surface area contributed by atoms with Crippen molar-refractivity contribution in [2.75, 3.05) is 0 Å². The van der Waals surface area contributed by atoms with E-state index in [1.54, 1.807) is 0 Å². The van der Waals surface area contributed by atoms with Gasteiger partial charge in [0.1, 0.15) is 0 Å². The van der Waals surface area contributed by atoms with E-state index >= 15 is 0 Å². The largest absolute Gasteiger partial charge is 0.276 e. The Morgan fingerprint density at radius 1 is 1.11 bits per heavy atom. The Labute approximate surface area is 109 Å². The molecule has 0 aromatic heterocycles. The van der Waals surface area contributed by atoms with Crippen LogP contribution in [0.25, 0.3) is 0 Å². The molecule has 0 aliphatic heterocycles. The minimum Gasteiger partial charge on any atom is -0.258 e. The van der Waals surface area contributed by atoms with Gasteiger partial charge in [0, 0.05) is 17.5 Å². The summed E-state index contributed by atoms with van der Waals surface area (Å²) in [6, 6.07) is 1.94. The van der Waals surface area contributed by atoms with Gasteiger partial charge in [-0.05, 0) is 42.9 Å². The fourth-order valence-corrected chi connectivity index (χ4v) is 2.46. The minimum absolute atomic E-state index is 0.230. The molecule has 2 radical (unpaired) electrons. The molecule has 0 amide bonds. The van der Waals surface area contributed by atoms with E-state index in [1.807, 2.05) is 33.8 Å². The summed E-state index contributed by atoms with van der Waals surface area (Å²) in [6.45, 7) is 8.03. The second kappa shape index (κ2) is 6.53. The van der Waals surface area contributed by atoms with Crippen LogP contribution in [0.2, 0.25) is 0 Å². The molecule has 0 heterocycles. The van der Waals surface area contributed by atoms with E-state index in [2.05, 4.69) is 6.42 Å². The van der Waals surface area contributed by atoms with Crippen LogP contribution in [-0.4, -0.2) is 4.92 Å². The number of benzene rings is 1. The summed E-state index contributed by atoms with van der Waals surface area (Å²) in [5.74, 6) is 0. The van der Waals surface area contributed by atoms with Crippen LogP contribution in [0.3, 0.4) is 0 Å². The van der Waals surface area contributed by atoms with Crippen LogP contribution >= 0.6 is 0 Å². The van der Waals surface area contributed by atoms with Crippen LogP contribution in [0, 0.1) is 16.5 Å². The lowest BCUT2D eigenvalue weighted by Gasteiger charge is -2.15. The summed E-state index contributed by atoms with van der Waals surface area (Å²) in [4.78, 5) is 11.1. The zero-order valence-electron chi connectivity index (χ0n) is 11.7. The molecule has 1 rings (SSSR count). The second-order valence-corrected chi connectivity index (χ2v) is 4.24. The molecule has 0 fully saturated rings. The monoisotopic (exact) mass is 247 g/mol. The quantitative estimate of drug-likeness (QED) is 0.560. The summed E-state index contributed by atoms with van der Waals surface area (Å²) in [5, 5.41) is 11.3. The number of aryl methyl sites for hydroxylation is 1. The van der Waals surface area contributed by atoms with Crippen molar-refractivity contribution in [2.45, 2.75) is 53.4 Å². The first-order valence-electron chi connectivity index (χ1n) is 6.66. The lowest BCUT2D eigenvalue weighted by atomic mass is 9.89. The molecule has 0 atom stereocenters. The van der Waals surface area contributed by atoms with Crippen LogP contribution in [0.4, 0.5) is 5.69 Å². The van der Waals surface area contributed by atoms with Gasteiger partial charge >= 0.3 is 0 Å². The SMILES string of the molecule is CC[C]c1cc(CC)c([N+](=O)[O-])c(CC)c1CC. The third-order valence-electron chi connectivity index (χ3n) is 3.24. The van der Waals surface area contributed by atoms with Crippen LogP contribution in [-0.2, 0) is 19.3 Å². The highest BCUT2D eigenvalue weighted by molar-refractivity contribution is 5.57. The molecule has 0 unspecified atom stereocenters. The van der Waals surface area contributed by atoms with E-state index in [9.17, 15) is 10.1 Å². The minimum atomic E-state index is -0.230. The Balaban J connectivity index is 3.56. The van der Waals surface area contributed by atoms with Gasteiger partial charge in [0.05, 0.1) is 4.92 Å². The highest BCUT2D eigenvalue weighted by Gasteiger charge is 2.23. The Bertz CT molecular complexity index is 439. The van der Waals surface area contributed by atoms with E-state index in [1.165, 1.54) is 0 Å². The number of nitro groups is 1. The van der Waals surface area contributed by atoms with Crippen molar-refractivity contribution < 1.29 is 4.92 Å². The predicted molar refractivity (Wildman–Crippen MR) is 73.9 cm³/mol. The number of nitrogens with zero attached hydrogens (tertiary/aromatic N) is 1. The lowest BCUT2D eigenvalue weighted by molar-refractivity contribution is -0.386. The van der Waals surface area contributed by atoms with Crippen LogP contribution in [0.1, 0.15) is 56.4 Å². The summed E-state index contributed by atoms with van der Waals surface area (Å²) in [5.41, 5.74) is 4.17. The molecule has 0 bridgehead atoms. The Kier molecular flexibility index (Phi) is 5.32. The summed E-state index contributed by atoms with van der Waals surface area (Å²) < 4.78 is 0. The van der Waals surface area contributed by atoms with E-state index in [0.29, 0.717) is 18.5 Å². The molecule has 3 nitrogen and oxygen atoms in total. The Hall–Kier alpha value is -1.38. The zero-order valence-corrected chi connectivity index (χ0v) is 11.7. The van der Waals surface area contributed by atoms with Crippen molar-refractivity contribution in [1.82, 2.24) is 0 Å². The van der Waals surface area contributed by atoms with Gasteiger partial charge in [-0.3, -0.25) is 10.1 Å². The van der Waals surface area contributed by atoms with Gasteiger partial charge in [-0.1, -0.05) is 27.7 Å². The molecule has 98 valence electrons. The van der Waals surface area contributed by atoms with E-state index in [4.69, 9.17) is 0 Å². The van der Waals surface area contributed by atoms with Gasteiger partial charge in [0.15, 0.2) is 0 Å². The topological polar surface area (TPSA) is 43.1 Å². The summed E-state index contributed by atoms with van der Waals surface area (Å²) in [6.07, 6.45) is 6.35. The molecule has 0 aliphatic rings. The van der Waals surface area contributed by atoms with Crippen LogP contribution in [0.15, 0.2) is 6.07 Å². The van der Waals surface area contributed by atoms with Crippen molar-refractivity contribution >= 4 is 5.69 Å². The van der Waals surface area contributed by atoms with Crippen molar-refractivity contribution in [3.05, 3.63) is 44.9 Å². The van der Waals surface area contributed by atoms with Gasteiger partial charge in [-0.15, -0.1) is 0 Å². The Morgan fingerprint density at radius 3 is 2.11 bits per heavy atom. The molecular formula is C15H21NO2. The van der Waals surface area contributed by atoms with Crippen LogP contribution < -0.4 is 0 Å². The molecule has 0 saturated carbocycles. The van der Waals surface area contributed by atoms with E-state index < -0.39 is 0 Å². The molecule has 18 heavy (non-hydrogen) atoms. The molecule has 1 aromatic carbocycles. The maximum absolute atomic E-state index is 11.3.